The molecule has 0 bridgehead atoms. The molecule has 212 valence electrons. The molecule has 0 spiro atoms. The van der Waals surface area contributed by atoms with E-state index in [0.717, 1.165) is 88.3 Å². The normalized spacial score (nSPS) is 18.7. The third-order valence-electron chi connectivity index (χ3n) is 8.23. The molecule has 0 unspecified atom stereocenters. The van der Waals surface area contributed by atoms with Crippen LogP contribution in [0.15, 0.2) is 18.2 Å². The topological polar surface area (TPSA) is 90.9 Å². The Bertz CT molecular complexity index is 1340. The molecule has 3 N–H and O–H groups in total. The standard InChI is InChI=1S/C29H41ClN6O2S/c1-5-10-34(19-6-7-21-24(17-19)39-27(31)32-21)14-11-33-12-15-35(16-13-33)23-9-8-22-20(26(23)30)18-25(29(2,3)4)36(22)28(37)38/h8-9,18-19H,5-7,10-17H2,1-4H3,(H2,31,32)(H,37,38)/t19-/m1/s1. The minimum atomic E-state index is -0.977. The number of hydrogen-bond donors (Lipinski definition) is 2. The van der Waals surface area contributed by atoms with Crippen molar-refractivity contribution in [3.05, 3.63) is 39.5 Å². The number of carbonyl (C=O) groups is 1. The van der Waals surface area contributed by atoms with E-state index in [1.54, 1.807) is 11.3 Å². The van der Waals surface area contributed by atoms with E-state index in [4.69, 9.17) is 17.3 Å². The summed E-state index contributed by atoms with van der Waals surface area (Å²) in [6.07, 6.45) is 3.44. The fourth-order valence-corrected chi connectivity index (χ4v) is 7.46. The van der Waals surface area contributed by atoms with Crippen LogP contribution in [0.2, 0.25) is 5.02 Å². The molecule has 1 saturated heterocycles. The van der Waals surface area contributed by atoms with E-state index in [-0.39, 0.29) is 5.41 Å². The van der Waals surface area contributed by atoms with Crippen LogP contribution in [-0.2, 0) is 18.3 Å². The molecule has 8 nitrogen and oxygen atoms in total. The number of carboxylic acid groups (broad SMARTS) is 1. The van der Waals surface area contributed by atoms with Gasteiger partial charge < -0.3 is 15.7 Å². The van der Waals surface area contributed by atoms with E-state index in [1.165, 1.54) is 15.1 Å². The largest absolute Gasteiger partial charge is 0.464 e. The molecule has 1 aliphatic heterocycles. The van der Waals surface area contributed by atoms with Gasteiger partial charge in [-0.05, 0) is 50.4 Å². The van der Waals surface area contributed by atoms with E-state index in [0.29, 0.717) is 21.7 Å². The quantitative estimate of drug-likeness (QED) is 0.383. The molecular formula is C29H41ClN6O2S. The van der Waals surface area contributed by atoms with Gasteiger partial charge in [-0.1, -0.05) is 39.3 Å². The highest BCUT2D eigenvalue weighted by Crippen LogP contribution is 2.38. The van der Waals surface area contributed by atoms with Gasteiger partial charge in [-0.15, -0.1) is 11.3 Å². The number of piperazine rings is 1. The minimum absolute atomic E-state index is 0.313. The zero-order chi connectivity index (χ0) is 27.9. The average Bonchev–Trinajstić information content (AvgIpc) is 3.47. The second-order valence-corrected chi connectivity index (χ2v) is 13.4. The third-order valence-corrected chi connectivity index (χ3v) is 9.58. The molecule has 0 amide bonds. The Labute approximate surface area is 240 Å². The van der Waals surface area contributed by atoms with Crippen molar-refractivity contribution in [1.82, 2.24) is 19.4 Å². The number of nitrogens with two attached hydrogens (primary N) is 1. The zero-order valence-electron chi connectivity index (χ0n) is 23.5. The molecule has 1 atom stereocenters. The summed E-state index contributed by atoms with van der Waals surface area (Å²) in [5.41, 5.74) is 9.25. The Morgan fingerprint density at radius 3 is 2.64 bits per heavy atom. The number of nitrogen functional groups attached to an aromatic ring is 1. The molecule has 1 aliphatic carbocycles. The van der Waals surface area contributed by atoms with Crippen LogP contribution in [0, 0.1) is 0 Å². The van der Waals surface area contributed by atoms with Crippen molar-refractivity contribution in [3.8, 4) is 0 Å². The number of halogens is 1. The lowest BCUT2D eigenvalue weighted by molar-refractivity contribution is 0.146. The fraction of sp³-hybridized carbons (Fsp3) is 0.586. The molecule has 0 saturated carbocycles. The minimum Gasteiger partial charge on any atom is -0.464 e. The lowest BCUT2D eigenvalue weighted by atomic mass is 9.92. The maximum absolute atomic E-state index is 12.1. The van der Waals surface area contributed by atoms with Gasteiger partial charge in [-0.3, -0.25) is 9.80 Å². The summed E-state index contributed by atoms with van der Waals surface area (Å²) in [5, 5.41) is 12.0. The third kappa shape index (κ3) is 5.78. The van der Waals surface area contributed by atoms with Gasteiger partial charge in [0.2, 0.25) is 0 Å². The summed E-state index contributed by atoms with van der Waals surface area (Å²) in [5.74, 6) is 0. The van der Waals surface area contributed by atoms with Crippen LogP contribution in [0.25, 0.3) is 10.9 Å². The molecule has 3 heterocycles. The predicted octanol–water partition coefficient (Wildman–Crippen LogP) is 5.55. The van der Waals surface area contributed by atoms with Crippen molar-refractivity contribution in [3.63, 3.8) is 0 Å². The predicted molar refractivity (Wildman–Crippen MR) is 162 cm³/mol. The Kier molecular flexibility index (Phi) is 8.15. The lowest BCUT2D eigenvalue weighted by Crippen LogP contribution is -2.50. The summed E-state index contributed by atoms with van der Waals surface area (Å²) < 4.78 is 1.38. The molecule has 10 heteroatoms. The number of aryl methyl sites for hydroxylation is 1. The molecule has 0 radical (unpaired) electrons. The number of thiazole rings is 1. The van der Waals surface area contributed by atoms with E-state index in [2.05, 4.69) is 26.6 Å². The van der Waals surface area contributed by atoms with Gasteiger partial charge in [-0.2, -0.15) is 0 Å². The molecule has 2 aromatic heterocycles. The van der Waals surface area contributed by atoms with Gasteiger partial charge in [0.25, 0.3) is 0 Å². The maximum Gasteiger partial charge on any atom is 0.416 e. The molecule has 5 rings (SSSR count). The highest BCUT2D eigenvalue weighted by atomic mass is 35.5. The Morgan fingerprint density at radius 2 is 1.97 bits per heavy atom. The van der Waals surface area contributed by atoms with Crippen LogP contribution in [0.5, 0.6) is 0 Å². The zero-order valence-corrected chi connectivity index (χ0v) is 25.1. The van der Waals surface area contributed by atoms with Crippen LogP contribution >= 0.6 is 22.9 Å². The van der Waals surface area contributed by atoms with Gasteiger partial charge >= 0.3 is 6.09 Å². The molecular weight excluding hydrogens is 532 g/mol. The first kappa shape index (κ1) is 28.2. The second-order valence-electron chi connectivity index (χ2n) is 11.9. The summed E-state index contributed by atoms with van der Waals surface area (Å²) in [6.45, 7) is 15.4. The van der Waals surface area contributed by atoms with Crippen LogP contribution in [0.3, 0.4) is 0 Å². The number of anilines is 2. The van der Waals surface area contributed by atoms with Crippen molar-refractivity contribution in [2.75, 3.05) is 56.4 Å². The van der Waals surface area contributed by atoms with E-state index < -0.39 is 6.09 Å². The summed E-state index contributed by atoms with van der Waals surface area (Å²) in [4.78, 5) is 25.5. The Hall–Kier alpha value is -2.33. The van der Waals surface area contributed by atoms with Crippen molar-refractivity contribution in [2.45, 2.75) is 64.8 Å². The van der Waals surface area contributed by atoms with Crippen LogP contribution < -0.4 is 10.6 Å². The molecule has 2 aliphatic rings. The summed E-state index contributed by atoms with van der Waals surface area (Å²) in [6, 6.07) is 6.41. The first-order valence-corrected chi connectivity index (χ1v) is 15.3. The SMILES string of the molecule is CCCN(CCN1CCN(c2ccc3c(cc(C(C)(C)C)n3C(=O)O)c2Cl)CC1)[C@@H]1CCc2nc(N)sc2C1. The maximum atomic E-state index is 12.1. The van der Waals surface area contributed by atoms with E-state index >= 15 is 0 Å². The number of rotatable bonds is 7. The van der Waals surface area contributed by atoms with E-state index in [1.807, 2.05) is 39.0 Å². The highest BCUT2D eigenvalue weighted by Gasteiger charge is 2.29. The van der Waals surface area contributed by atoms with Crippen molar-refractivity contribution in [2.24, 2.45) is 0 Å². The lowest BCUT2D eigenvalue weighted by Gasteiger charge is -2.39. The summed E-state index contributed by atoms with van der Waals surface area (Å²) >= 11 is 8.60. The second kappa shape index (κ2) is 11.3. The average molecular weight is 573 g/mol. The highest BCUT2D eigenvalue weighted by molar-refractivity contribution is 7.15. The van der Waals surface area contributed by atoms with Gasteiger partial charge in [0.05, 0.1) is 21.9 Å². The molecule has 1 fully saturated rings. The number of hydrogen-bond acceptors (Lipinski definition) is 7. The summed E-state index contributed by atoms with van der Waals surface area (Å²) in [7, 11) is 0. The van der Waals surface area contributed by atoms with Gasteiger partial charge in [-0.25, -0.2) is 14.3 Å². The first-order chi connectivity index (χ1) is 18.6. The number of aromatic nitrogens is 2. The Morgan fingerprint density at radius 1 is 1.23 bits per heavy atom. The number of benzene rings is 1. The van der Waals surface area contributed by atoms with Gasteiger partial charge in [0.1, 0.15) is 0 Å². The molecule has 1 aromatic carbocycles. The molecule has 39 heavy (non-hydrogen) atoms. The molecule has 3 aromatic rings. The Balaban J connectivity index is 1.22. The van der Waals surface area contributed by atoms with Crippen LogP contribution in [0.4, 0.5) is 15.6 Å². The monoisotopic (exact) mass is 572 g/mol. The van der Waals surface area contributed by atoms with Gasteiger partial charge in [0, 0.05) is 66.7 Å². The van der Waals surface area contributed by atoms with Crippen molar-refractivity contribution in [1.29, 1.82) is 0 Å². The van der Waals surface area contributed by atoms with Crippen molar-refractivity contribution >= 4 is 50.8 Å². The van der Waals surface area contributed by atoms with Crippen LogP contribution in [-0.4, -0.2) is 82.4 Å². The number of fused-ring (bicyclic) bond motifs is 2. The first-order valence-electron chi connectivity index (χ1n) is 14.1. The van der Waals surface area contributed by atoms with Crippen molar-refractivity contribution < 1.29 is 9.90 Å². The van der Waals surface area contributed by atoms with Gasteiger partial charge in [0.15, 0.2) is 5.13 Å². The smallest absolute Gasteiger partial charge is 0.416 e. The van der Waals surface area contributed by atoms with E-state index in [9.17, 15) is 9.90 Å². The fourth-order valence-electron chi connectivity index (χ4n) is 6.17. The van der Waals surface area contributed by atoms with Crippen LogP contribution in [0.1, 0.15) is 56.8 Å². The number of nitrogens with zero attached hydrogens (tertiary/aromatic N) is 5.